The van der Waals surface area contributed by atoms with Crippen LogP contribution in [0, 0.1) is 13.8 Å². The number of carbonyl (C=O) groups is 3. The van der Waals surface area contributed by atoms with Crippen molar-refractivity contribution in [3.05, 3.63) is 88.4 Å². The number of nitrogens with zero attached hydrogens (tertiary/aromatic N) is 1. The summed E-state index contributed by atoms with van der Waals surface area (Å²) in [7, 11) is 0. The van der Waals surface area contributed by atoms with Crippen molar-refractivity contribution in [2.45, 2.75) is 13.8 Å². The molecule has 0 aromatic heterocycles. The zero-order chi connectivity index (χ0) is 24.5. The molecule has 9 heteroatoms. The first-order valence-corrected chi connectivity index (χ1v) is 10.7. The van der Waals surface area contributed by atoms with Gasteiger partial charge in [-0.05, 0) is 66.9 Å². The lowest BCUT2D eigenvalue weighted by Crippen LogP contribution is -2.32. The van der Waals surface area contributed by atoms with Crippen LogP contribution in [0.4, 0.5) is 11.4 Å². The zero-order valence-corrected chi connectivity index (χ0v) is 19.3. The van der Waals surface area contributed by atoms with Crippen LogP contribution in [0.25, 0.3) is 0 Å². The van der Waals surface area contributed by atoms with Crippen molar-refractivity contribution in [3.63, 3.8) is 0 Å². The van der Waals surface area contributed by atoms with E-state index in [0.29, 0.717) is 22.0 Å². The number of halogens is 1. The molecule has 0 atom stereocenters. The minimum atomic E-state index is -0.938. The fourth-order valence-corrected chi connectivity index (χ4v) is 3.07. The summed E-state index contributed by atoms with van der Waals surface area (Å²) in [5.41, 5.74) is 5.97. The molecular formula is C25H23ClN4O4. The van der Waals surface area contributed by atoms with Gasteiger partial charge in [0.1, 0.15) is 5.75 Å². The molecule has 3 N–H and O–H groups in total. The van der Waals surface area contributed by atoms with Gasteiger partial charge in [0.25, 0.3) is 5.91 Å². The molecule has 174 valence electrons. The Hall–Kier alpha value is -4.17. The molecule has 0 heterocycles. The first kappa shape index (κ1) is 24.5. The second-order valence-electron chi connectivity index (χ2n) is 7.32. The van der Waals surface area contributed by atoms with Gasteiger partial charge in [0.2, 0.25) is 0 Å². The van der Waals surface area contributed by atoms with Crippen LogP contribution in [-0.2, 0) is 14.4 Å². The Morgan fingerprint density at radius 3 is 2.50 bits per heavy atom. The number of hydrogen-bond acceptors (Lipinski definition) is 5. The Morgan fingerprint density at radius 1 is 0.941 bits per heavy atom. The quantitative estimate of drug-likeness (QED) is 0.270. The number of benzene rings is 3. The normalized spacial score (nSPS) is 10.6. The molecule has 0 aliphatic carbocycles. The molecule has 3 aromatic carbocycles. The molecule has 0 unspecified atom stereocenters. The maximum Gasteiger partial charge on any atom is 0.329 e. The molecule has 3 aromatic rings. The maximum absolute atomic E-state index is 12.2. The highest BCUT2D eigenvalue weighted by Crippen LogP contribution is 2.18. The van der Waals surface area contributed by atoms with Gasteiger partial charge in [-0.15, -0.1) is 0 Å². The van der Waals surface area contributed by atoms with E-state index in [4.69, 9.17) is 16.3 Å². The minimum Gasteiger partial charge on any atom is -0.484 e. The number of ether oxygens (including phenoxy) is 1. The van der Waals surface area contributed by atoms with Crippen LogP contribution in [0.3, 0.4) is 0 Å². The van der Waals surface area contributed by atoms with Gasteiger partial charge in [-0.25, -0.2) is 5.43 Å². The van der Waals surface area contributed by atoms with Crippen LogP contribution in [-0.4, -0.2) is 30.5 Å². The van der Waals surface area contributed by atoms with Crippen molar-refractivity contribution in [2.24, 2.45) is 5.10 Å². The van der Waals surface area contributed by atoms with Crippen LogP contribution in [0.1, 0.15) is 16.7 Å². The predicted molar refractivity (Wildman–Crippen MR) is 132 cm³/mol. The van der Waals surface area contributed by atoms with E-state index in [1.807, 2.05) is 32.0 Å². The molecule has 0 bridgehead atoms. The lowest BCUT2D eigenvalue weighted by molar-refractivity contribution is -0.136. The van der Waals surface area contributed by atoms with Crippen molar-refractivity contribution >= 4 is 46.9 Å². The topological polar surface area (TPSA) is 109 Å². The first-order valence-electron chi connectivity index (χ1n) is 10.3. The summed E-state index contributed by atoms with van der Waals surface area (Å²) in [5.74, 6) is -1.66. The highest BCUT2D eigenvalue weighted by molar-refractivity contribution is 6.39. The summed E-state index contributed by atoms with van der Waals surface area (Å²) in [4.78, 5) is 36.1. The van der Waals surface area contributed by atoms with Crippen molar-refractivity contribution in [2.75, 3.05) is 17.2 Å². The van der Waals surface area contributed by atoms with E-state index in [0.717, 1.165) is 16.8 Å². The molecule has 0 saturated heterocycles. The second kappa shape index (κ2) is 11.6. The fraction of sp³-hybridized carbons (Fsp3) is 0.120. The third-order valence-electron chi connectivity index (χ3n) is 4.78. The third kappa shape index (κ3) is 7.18. The van der Waals surface area contributed by atoms with E-state index in [1.165, 1.54) is 12.3 Å². The average Bonchev–Trinajstić information content (AvgIpc) is 2.81. The van der Waals surface area contributed by atoms with Crippen LogP contribution in [0.15, 0.2) is 71.8 Å². The molecule has 8 nitrogen and oxygen atoms in total. The van der Waals surface area contributed by atoms with Gasteiger partial charge < -0.3 is 15.4 Å². The molecule has 3 amide bonds. The largest absolute Gasteiger partial charge is 0.484 e. The summed E-state index contributed by atoms with van der Waals surface area (Å²) in [5, 5.41) is 9.47. The number of hydrazone groups is 1. The van der Waals surface area contributed by atoms with Gasteiger partial charge in [-0.2, -0.15) is 5.10 Å². The molecule has 0 radical (unpaired) electrons. The lowest BCUT2D eigenvalue weighted by atomic mass is 10.1. The fourth-order valence-electron chi connectivity index (χ4n) is 2.88. The average molecular weight is 479 g/mol. The highest BCUT2D eigenvalue weighted by Gasteiger charge is 2.13. The van der Waals surface area contributed by atoms with E-state index >= 15 is 0 Å². The molecule has 3 rings (SSSR count). The van der Waals surface area contributed by atoms with Crippen molar-refractivity contribution in [1.82, 2.24) is 5.43 Å². The SMILES string of the molecule is Cc1cccc(NC(=O)COc2cccc(/C=N\NC(=O)C(=O)Nc3cccc(Cl)c3)c2)c1C. The number of nitrogens with one attached hydrogen (secondary N) is 3. The summed E-state index contributed by atoms with van der Waals surface area (Å²) >= 11 is 5.85. The van der Waals surface area contributed by atoms with Crippen LogP contribution >= 0.6 is 11.6 Å². The Labute approximate surface area is 202 Å². The Morgan fingerprint density at radius 2 is 1.71 bits per heavy atom. The van der Waals surface area contributed by atoms with Crippen molar-refractivity contribution < 1.29 is 19.1 Å². The number of anilines is 2. The van der Waals surface area contributed by atoms with E-state index in [1.54, 1.807) is 42.5 Å². The third-order valence-corrected chi connectivity index (χ3v) is 5.01. The van der Waals surface area contributed by atoms with Crippen LogP contribution < -0.4 is 20.8 Å². The summed E-state index contributed by atoms with van der Waals surface area (Å²) in [6.07, 6.45) is 1.35. The van der Waals surface area contributed by atoms with E-state index in [2.05, 4.69) is 21.2 Å². The lowest BCUT2D eigenvalue weighted by Gasteiger charge is -2.11. The van der Waals surface area contributed by atoms with E-state index in [-0.39, 0.29) is 12.5 Å². The van der Waals surface area contributed by atoms with Crippen LogP contribution in [0.5, 0.6) is 5.75 Å². The Kier molecular flexibility index (Phi) is 8.37. The minimum absolute atomic E-state index is 0.172. The molecule has 0 aliphatic rings. The zero-order valence-electron chi connectivity index (χ0n) is 18.6. The van der Waals surface area contributed by atoms with Gasteiger partial charge in [0, 0.05) is 16.4 Å². The Balaban J connectivity index is 1.49. The molecule has 0 spiro atoms. The predicted octanol–water partition coefficient (Wildman–Crippen LogP) is 4.06. The van der Waals surface area contributed by atoms with Crippen molar-refractivity contribution in [1.29, 1.82) is 0 Å². The monoisotopic (exact) mass is 478 g/mol. The van der Waals surface area contributed by atoms with Crippen molar-refractivity contribution in [3.8, 4) is 5.75 Å². The molecule has 0 fully saturated rings. The molecule has 34 heavy (non-hydrogen) atoms. The smallest absolute Gasteiger partial charge is 0.329 e. The van der Waals surface area contributed by atoms with E-state index in [9.17, 15) is 14.4 Å². The number of carbonyl (C=O) groups excluding carboxylic acids is 3. The highest BCUT2D eigenvalue weighted by atomic mass is 35.5. The summed E-state index contributed by atoms with van der Waals surface area (Å²) in [6.45, 7) is 3.74. The standard InChI is InChI=1S/C25H23ClN4O4/c1-16-6-3-11-22(17(16)2)29-23(31)15-34-21-10-4-7-18(12-21)14-27-30-25(33)24(32)28-20-9-5-8-19(26)13-20/h3-14H,15H2,1-2H3,(H,28,32)(H,29,31)(H,30,33)/b27-14-. The number of aryl methyl sites for hydroxylation is 1. The van der Waals surface area contributed by atoms with Gasteiger partial charge in [-0.3, -0.25) is 14.4 Å². The number of hydrogen-bond donors (Lipinski definition) is 3. The van der Waals surface area contributed by atoms with Gasteiger partial charge in [0.15, 0.2) is 6.61 Å². The van der Waals surface area contributed by atoms with Crippen LogP contribution in [0.2, 0.25) is 5.02 Å². The summed E-state index contributed by atoms with van der Waals surface area (Å²) < 4.78 is 5.56. The Bertz CT molecular complexity index is 1240. The van der Waals surface area contributed by atoms with Gasteiger partial charge in [0.05, 0.1) is 6.21 Å². The number of amides is 3. The maximum atomic E-state index is 12.2. The molecule has 0 saturated carbocycles. The first-order chi connectivity index (χ1) is 16.3. The molecular weight excluding hydrogens is 456 g/mol. The number of rotatable bonds is 7. The molecule has 0 aliphatic heterocycles. The van der Waals surface area contributed by atoms with Gasteiger partial charge in [-0.1, -0.05) is 41.9 Å². The van der Waals surface area contributed by atoms with Gasteiger partial charge >= 0.3 is 11.8 Å². The second-order valence-corrected chi connectivity index (χ2v) is 7.76. The van der Waals surface area contributed by atoms with E-state index < -0.39 is 11.8 Å². The summed E-state index contributed by atoms with van der Waals surface area (Å²) in [6, 6.07) is 18.9.